The molecule has 0 aliphatic heterocycles. The smallest absolute Gasteiger partial charge is 0.255 e. The first-order valence-electron chi connectivity index (χ1n) is 4.43. The average Bonchev–Trinajstić information content (AvgIpc) is 2.47. The van der Waals surface area contributed by atoms with Crippen LogP contribution in [0.1, 0.15) is 24.2 Å². The van der Waals surface area contributed by atoms with E-state index >= 15 is 0 Å². The fourth-order valence-corrected chi connectivity index (χ4v) is 1.21. The maximum absolute atomic E-state index is 11.4. The van der Waals surface area contributed by atoms with Crippen LogP contribution < -0.4 is 11.1 Å². The number of nitrogens with one attached hydrogen (secondary N) is 1. The molecular formula is C9H15N3O. The van der Waals surface area contributed by atoms with Crippen molar-refractivity contribution in [2.24, 2.45) is 0 Å². The zero-order valence-electron chi connectivity index (χ0n) is 8.00. The molecule has 1 rings (SSSR count). The van der Waals surface area contributed by atoms with Gasteiger partial charge < -0.3 is 15.6 Å². The predicted octanol–water partition coefficient (Wildman–Crippen LogP) is 0.840. The van der Waals surface area contributed by atoms with Gasteiger partial charge in [0.05, 0.1) is 5.56 Å². The number of aryl methyl sites for hydroxylation is 1. The number of aromatic nitrogens is 1. The van der Waals surface area contributed by atoms with E-state index in [0.717, 1.165) is 6.54 Å². The zero-order valence-corrected chi connectivity index (χ0v) is 8.00. The van der Waals surface area contributed by atoms with Crippen LogP contribution >= 0.6 is 0 Å². The van der Waals surface area contributed by atoms with Gasteiger partial charge in [-0.1, -0.05) is 0 Å². The van der Waals surface area contributed by atoms with Crippen LogP contribution in [0.15, 0.2) is 12.3 Å². The Morgan fingerprint density at radius 2 is 2.31 bits per heavy atom. The van der Waals surface area contributed by atoms with Crippen LogP contribution in [0, 0.1) is 0 Å². The minimum Gasteiger partial charge on any atom is -0.384 e. The molecule has 0 saturated carbocycles. The number of nitrogens with zero attached hydrogens (tertiary/aromatic N) is 1. The average molecular weight is 181 g/mol. The van der Waals surface area contributed by atoms with E-state index in [1.54, 1.807) is 6.07 Å². The second-order valence-corrected chi connectivity index (χ2v) is 2.76. The van der Waals surface area contributed by atoms with E-state index in [1.165, 1.54) is 0 Å². The third kappa shape index (κ3) is 1.83. The Hall–Kier alpha value is -1.45. The number of hydrogen-bond donors (Lipinski definition) is 2. The molecule has 0 saturated heterocycles. The van der Waals surface area contributed by atoms with Gasteiger partial charge >= 0.3 is 0 Å². The van der Waals surface area contributed by atoms with Crippen LogP contribution in [0.5, 0.6) is 0 Å². The number of hydrogen-bond acceptors (Lipinski definition) is 2. The van der Waals surface area contributed by atoms with E-state index in [2.05, 4.69) is 5.32 Å². The summed E-state index contributed by atoms with van der Waals surface area (Å²) >= 11 is 0. The fraction of sp³-hybridized carbons (Fsp3) is 0.444. The lowest BCUT2D eigenvalue weighted by molar-refractivity contribution is 0.0957. The van der Waals surface area contributed by atoms with Crippen molar-refractivity contribution < 1.29 is 4.79 Å². The lowest BCUT2D eigenvalue weighted by atomic mass is 10.3. The second kappa shape index (κ2) is 3.98. The molecule has 1 aromatic heterocycles. The van der Waals surface area contributed by atoms with Gasteiger partial charge in [-0.15, -0.1) is 0 Å². The highest BCUT2D eigenvalue weighted by atomic mass is 16.1. The Bertz CT molecular complexity index is 304. The fourth-order valence-electron chi connectivity index (χ4n) is 1.21. The summed E-state index contributed by atoms with van der Waals surface area (Å²) in [5.41, 5.74) is 6.31. The summed E-state index contributed by atoms with van der Waals surface area (Å²) in [4.78, 5) is 11.4. The van der Waals surface area contributed by atoms with E-state index in [9.17, 15) is 4.79 Å². The minimum absolute atomic E-state index is 0.104. The van der Waals surface area contributed by atoms with Gasteiger partial charge in [-0.3, -0.25) is 4.79 Å². The lowest BCUT2D eigenvalue weighted by Crippen LogP contribution is -2.23. The summed E-state index contributed by atoms with van der Waals surface area (Å²) in [6.07, 6.45) is 1.82. The predicted molar refractivity (Wildman–Crippen MR) is 52.5 cm³/mol. The molecule has 3 N–H and O–H groups in total. The number of anilines is 1. The Kier molecular flexibility index (Phi) is 2.95. The van der Waals surface area contributed by atoms with Gasteiger partial charge in [-0.05, 0) is 19.9 Å². The first-order valence-corrected chi connectivity index (χ1v) is 4.43. The van der Waals surface area contributed by atoms with E-state index in [0.29, 0.717) is 17.9 Å². The topological polar surface area (TPSA) is 60.0 Å². The summed E-state index contributed by atoms with van der Waals surface area (Å²) in [6, 6.07) is 1.74. The maximum atomic E-state index is 11.4. The van der Waals surface area contributed by atoms with E-state index in [-0.39, 0.29) is 5.91 Å². The van der Waals surface area contributed by atoms with E-state index < -0.39 is 0 Å². The standard InChI is InChI=1S/C9H15N3O/c1-3-11-9(13)7-5-6-12(4-2)8(7)10/h5-6H,3-4,10H2,1-2H3,(H,11,13). The molecule has 0 aromatic carbocycles. The highest BCUT2D eigenvalue weighted by Gasteiger charge is 2.11. The molecule has 0 bridgehead atoms. The largest absolute Gasteiger partial charge is 0.384 e. The molecule has 0 atom stereocenters. The summed E-state index contributed by atoms with van der Waals surface area (Å²) < 4.78 is 1.84. The van der Waals surface area contributed by atoms with Crippen LogP contribution in [-0.2, 0) is 6.54 Å². The normalized spacial score (nSPS) is 10.0. The van der Waals surface area contributed by atoms with Gasteiger partial charge in [0.2, 0.25) is 0 Å². The van der Waals surface area contributed by atoms with Crippen LogP contribution in [-0.4, -0.2) is 17.0 Å². The van der Waals surface area contributed by atoms with Crippen LogP contribution in [0.4, 0.5) is 5.82 Å². The number of nitrogens with two attached hydrogens (primary N) is 1. The van der Waals surface area contributed by atoms with Gasteiger partial charge in [0.1, 0.15) is 5.82 Å². The van der Waals surface area contributed by atoms with E-state index in [1.807, 2.05) is 24.6 Å². The number of nitrogen functional groups attached to an aromatic ring is 1. The number of rotatable bonds is 3. The molecule has 0 fully saturated rings. The van der Waals surface area contributed by atoms with Gasteiger partial charge in [0.25, 0.3) is 5.91 Å². The van der Waals surface area contributed by atoms with Crippen molar-refractivity contribution in [2.75, 3.05) is 12.3 Å². The second-order valence-electron chi connectivity index (χ2n) is 2.76. The summed E-state index contributed by atoms with van der Waals surface area (Å²) in [6.45, 7) is 5.27. The number of carbonyl (C=O) groups is 1. The maximum Gasteiger partial charge on any atom is 0.255 e. The highest BCUT2D eigenvalue weighted by molar-refractivity contribution is 5.98. The molecular weight excluding hydrogens is 166 g/mol. The number of carbonyl (C=O) groups excluding carboxylic acids is 1. The monoisotopic (exact) mass is 181 g/mol. The Labute approximate surface area is 77.7 Å². The molecule has 72 valence electrons. The van der Waals surface area contributed by atoms with Crippen molar-refractivity contribution in [1.29, 1.82) is 0 Å². The molecule has 1 heterocycles. The number of amides is 1. The molecule has 0 unspecified atom stereocenters. The lowest BCUT2D eigenvalue weighted by Gasteiger charge is -2.03. The van der Waals surface area contributed by atoms with Crippen molar-refractivity contribution in [2.45, 2.75) is 20.4 Å². The molecule has 1 amide bonds. The van der Waals surface area contributed by atoms with Crippen LogP contribution in [0.3, 0.4) is 0 Å². The van der Waals surface area contributed by atoms with Gasteiger partial charge in [-0.25, -0.2) is 0 Å². The summed E-state index contributed by atoms with van der Waals surface area (Å²) in [7, 11) is 0. The molecule has 1 aromatic rings. The molecule has 0 aliphatic rings. The zero-order chi connectivity index (χ0) is 9.84. The minimum atomic E-state index is -0.104. The van der Waals surface area contributed by atoms with Crippen molar-refractivity contribution >= 4 is 11.7 Å². The van der Waals surface area contributed by atoms with Gasteiger partial charge in [-0.2, -0.15) is 0 Å². The first-order chi connectivity index (χ1) is 6.20. The van der Waals surface area contributed by atoms with Crippen LogP contribution in [0.25, 0.3) is 0 Å². The van der Waals surface area contributed by atoms with Crippen LogP contribution in [0.2, 0.25) is 0 Å². The third-order valence-electron chi connectivity index (χ3n) is 1.93. The summed E-state index contributed by atoms with van der Waals surface area (Å²) in [5.74, 6) is 0.431. The molecule has 0 radical (unpaired) electrons. The van der Waals surface area contributed by atoms with Gasteiger partial charge in [0, 0.05) is 19.3 Å². The Morgan fingerprint density at radius 1 is 1.62 bits per heavy atom. The highest BCUT2D eigenvalue weighted by Crippen LogP contribution is 2.12. The molecule has 4 nitrogen and oxygen atoms in total. The first kappa shape index (κ1) is 9.64. The Balaban J connectivity index is 2.89. The van der Waals surface area contributed by atoms with Gasteiger partial charge in [0.15, 0.2) is 0 Å². The Morgan fingerprint density at radius 3 is 2.77 bits per heavy atom. The molecule has 0 aliphatic carbocycles. The summed E-state index contributed by atoms with van der Waals surface area (Å²) in [5, 5.41) is 2.71. The molecule has 0 spiro atoms. The van der Waals surface area contributed by atoms with Crippen molar-refractivity contribution in [1.82, 2.24) is 9.88 Å². The third-order valence-corrected chi connectivity index (χ3v) is 1.93. The SMILES string of the molecule is CCNC(=O)c1ccn(CC)c1N. The van der Waals surface area contributed by atoms with E-state index in [4.69, 9.17) is 5.73 Å². The van der Waals surface area contributed by atoms with Crippen molar-refractivity contribution in [3.8, 4) is 0 Å². The molecule has 4 heteroatoms. The van der Waals surface area contributed by atoms with Crippen molar-refractivity contribution in [3.05, 3.63) is 17.8 Å². The quantitative estimate of drug-likeness (QED) is 0.726. The molecule has 13 heavy (non-hydrogen) atoms. The van der Waals surface area contributed by atoms with Crippen molar-refractivity contribution in [3.63, 3.8) is 0 Å².